The maximum Gasteiger partial charge on any atom is 0.214 e. The van der Waals surface area contributed by atoms with Crippen molar-refractivity contribution in [2.24, 2.45) is 0 Å². The van der Waals surface area contributed by atoms with E-state index in [4.69, 9.17) is 29.5 Å². The lowest BCUT2D eigenvalue weighted by atomic mass is 10.3. The highest BCUT2D eigenvalue weighted by Crippen LogP contribution is 2.00. The van der Waals surface area contributed by atoms with Crippen molar-refractivity contribution in [3.63, 3.8) is 0 Å². The molecule has 0 spiro atoms. The lowest BCUT2D eigenvalue weighted by molar-refractivity contribution is -0.117. The molecule has 0 rings (SSSR count). The fourth-order valence-corrected chi connectivity index (χ4v) is 1.05. The van der Waals surface area contributed by atoms with E-state index in [1.807, 2.05) is 13.8 Å². The molecule has 5 unspecified atom stereocenters. The van der Waals surface area contributed by atoms with Crippen molar-refractivity contribution in [2.45, 2.75) is 65.1 Å². The van der Waals surface area contributed by atoms with Crippen LogP contribution in [0, 0.1) is 0 Å². The summed E-state index contributed by atoms with van der Waals surface area (Å²) in [5.41, 5.74) is 0. The first kappa shape index (κ1) is 25.0. The molecule has 5 atom stereocenters. The van der Waals surface area contributed by atoms with Crippen LogP contribution in [0.3, 0.4) is 0 Å². The highest BCUT2D eigenvalue weighted by atomic mass is 32.1. The second-order valence-corrected chi connectivity index (χ2v) is 5.92. The van der Waals surface area contributed by atoms with Crippen LogP contribution >= 0.6 is 12.6 Å². The molecule has 0 heterocycles. The van der Waals surface area contributed by atoms with Gasteiger partial charge in [-0.15, -0.1) is 12.6 Å². The molecule has 7 nitrogen and oxygen atoms in total. The molecule has 0 saturated heterocycles. The van der Waals surface area contributed by atoms with Gasteiger partial charge in [-0.1, -0.05) is 0 Å². The van der Waals surface area contributed by atoms with E-state index in [9.17, 15) is 4.79 Å². The molecule has 0 bridgehead atoms. The van der Waals surface area contributed by atoms with Crippen LogP contribution in [0.25, 0.3) is 0 Å². The first-order valence-electron chi connectivity index (χ1n) is 7.64. The molecule has 0 aliphatic rings. The number of aliphatic hydroxyl groups is 3. The number of hydrogen-bond acceptors (Lipinski definition) is 7. The van der Waals surface area contributed by atoms with Crippen molar-refractivity contribution in [2.75, 3.05) is 26.4 Å². The van der Waals surface area contributed by atoms with E-state index < -0.39 is 17.3 Å². The maximum absolute atomic E-state index is 9.76. The van der Waals surface area contributed by atoms with E-state index >= 15 is 0 Å². The largest absolute Gasteiger partial charge is 0.394 e. The molecule has 0 fully saturated rings. The molecule has 0 aromatic heterocycles. The third-order valence-electron chi connectivity index (χ3n) is 2.47. The molecule has 8 heteroatoms. The number of ether oxygens (including phenoxy) is 3. The van der Waals surface area contributed by atoms with Gasteiger partial charge in [0.15, 0.2) is 0 Å². The average Bonchev–Trinajstić information content (AvgIpc) is 2.48. The number of rotatable bonds is 11. The number of hydrogen-bond donors (Lipinski definition) is 4. The van der Waals surface area contributed by atoms with Crippen LogP contribution in [0.5, 0.6) is 0 Å². The summed E-state index contributed by atoms with van der Waals surface area (Å²) in [6.07, 6.45) is -1.63. The Morgan fingerprint density at radius 2 is 1.22 bits per heavy atom. The van der Waals surface area contributed by atoms with E-state index in [2.05, 4.69) is 12.6 Å². The van der Waals surface area contributed by atoms with E-state index in [0.717, 1.165) is 0 Å². The van der Waals surface area contributed by atoms with Gasteiger partial charge in [0.1, 0.15) is 6.10 Å². The average molecular weight is 356 g/mol. The maximum atomic E-state index is 9.76. The van der Waals surface area contributed by atoms with Gasteiger partial charge in [-0.2, -0.15) is 0 Å². The topological polar surface area (TPSA) is 105 Å². The molecule has 0 amide bonds. The number of carbonyl (C=O) groups is 1. The Balaban J connectivity index is 0. The van der Waals surface area contributed by atoms with Crippen LogP contribution in [0.4, 0.5) is 0 Å². The van der Waals surface area contributed by atoms with Crippen molar-refractivity contribution >= 4 is 17.7 Å². The van der Waals surface area contributed by atoms with Crippen molar-refractivity contribution in [1.29, 1.82) is 0 Å². The summed E-state index contributed by atoms with van der Waals surface area (Å²) in [4.78, 5) is 9.76. The normalized spacial score (nSPS) is 17.4. The second kappa shape index (κ2) is 15.3. The fourth-order valence-electron chi connectivity index (χ4n) is 1.05. The third kappa shape index (κ3) is 19.7. The van der Waals surface area contributed by atoms with E-state index in [-0.39, 0.29) is 24.9 Å². The second-order valence-electron chi connectivity index (χ2n) is 5.48. The summed E-state index contributed by atoms with van der Waals surface area (Å²) < 4.78 is 16.2. The lowest BCUT2D eigenvalue weighted by Gasteiger charge is -2.19. The minimum atomic E-state index is -0.923. The predicted octanol–water partition coefficient (Wildman–Crippen LogP) is 0.398. The van der Waals surface area contributed by atoms with Crippen LogP contribution in [0.15, 0.2) is 0 Å². The number of aliphatic hydroxyl groups excluding tert-OH is 3. The van der Waals surface area contributed by atoms with Gasteiger partial charge in [0.25, 0.3) is 0 Å². The molecule has 0 aliphatic carbocycles. The molecule has 0 radical (unpaired) electrons. The Labute approximate surface area is 144 Å². The minimum absolute atomic E-state index is 0.0145. The lowest BCUT2D eigenvalue weighted by Crippen LogP contribution is -2.27. The molecule has 23 heavy (non-hydrogen) atoms. The Hall–Kier alpha value is -0.220. The van der Waals surface area contributed by atoms with Crippen molar-refractivity contribution < 1.29 is 34.3 Å². The summed E-state index contributed by atoms with van der Waals surface area (Å²) in [7, 11) is 0. The summed E-state index contributed by atoms with van der Waals surface area (Å²) in [6, 6.07) is 0. The Morgan fingerprint density at radius 1 is 0.870 bits per heavy atom. The van der Waals surface area contributed by atoms with E-state index in [0.29, 0.717) is 19.8 Å². The van der Waals surface area contributed by atoms with Crippen LogP contribution in [-0.4, -0.2) is 77.4 Å². The Morgan fingerprint density at radius 3 is 1.52 bits per heavy atom. The van der Waals surface area contributed by atoms with Crippen LogP contribution in [-0.2, 0) is 19.0 Å². The summed E-state index contributed by atoms with van der Waals surface area (Å²) in [5, 5.41) is 25.5. The summed E-state index contributed by atoms with van der Waals surface area (Å²) >= 11 is 3.30. The first-order chi connectivity index (χ1) is 10.6. The molecule has 0 saturated carbocycles. The third-order valence-corrected chi connectivity index (χ3v) is 2.84. The zero-order valence-electron chi connectivity index (χ0n) is 14.6. The highest BCUT2D eigenvalue weighted by molar-refractivity contribution is 7.96. The number of carbonyl (C=O) groups excluding carboxylic acids is 1. The van der Waals surface area contributed by atoms with Gasteiger partial charge < -0.3 is 29.5 Å². The van der Waals surface area contributed by atoms with Gasteiger partial charge in [0.2, 0.25) is 5.12 Å². The van der Waals surface area contributed by atoms with Crippen molar-refractivity contribution in [3.05, 3.63) is 0 Å². The van der Waals surface area contributed by atoms with Crippen molar-refractivity contribution in [1.82, 2.24) is 0 Å². The Kier molecular flexibility index (Phi) is 16.7. The molecule has 0 aliphatic heterocycles. The molecular formula is C15H32O7S. The SMILES string of the molecule is CC(O)C(=O)S.CC(O)COC(C)COC(C)COC(C)CO. The molecule has 140 valence electrons. The quantitative estimate of drug-likeness (QED) is 0.397. The molecule has 3 N–H and O–H groups in total. The zero-order chi connectivity index (χ0) is 18.4. The molecule has 0 aromatic carbocycles. The zero-order valence-corrected chi connectivity index (χ0v) is 15.5. The first-order valence-corrected chi connectivity index (χ1v) is 8.09. The molecule has 0 aromatic rings. The standard InChI is InChI=1S/C12H26O5.C3H6O2S/c1-9(14)6-15-11(3)8-17-12(4)7-16-10(2)5-13;1-2(4)3(5)6/h9-14H,5-8H2,1-4H3;2,4H,1H3,(H,5,6). The van der Waals surface area contributed by atoms with Gasteiger partial charge in [-0.25, -0.2) is 0 Å². The Bertz CT molecular complexity index is 287. The smallest absolute Gasteiger partial charge is 0.214 e. The highest BCUT2D eigenvalue weighted by Gasteiger charge is 2.09. The van der Waals surface area contributed by atoms with E-state index in [1.54, 1.807) is 13.8 Å². The van der Waals surface area contributed by atoms with Gasteiger partial charge in [0.05, 0.1) is 50.8 Å². The van der Waals surface area contributed by atoms with Crippen LogP contribution in [0.1, 0.15) is 34.6 Å². The van der Waals surface area contributed by atoms with Gasteiger partial charge in [-0.05, 0) is 34.6 Å². The monoisotopic (exact) mass is 356 g/mol. The summed E-state index contributed by atoms with van der Waals surface area (Å²) in [5.74, 6) is 0. The van der Waals surface area contributed by atoms with Crippen LogP contribution in [0.2, 0.25) is 0 Å². The van der Waals surface area contributed by atoms with Crippen molar-refractivity contribution in [3.8, 4) is 0 Å². The predicted molar refractivity (Wildman–Crippen MR) is 90.7 cm³/mol. The van der Waals surface area contributed by atoms with Crippen LogP contribution < -0.4 is 0 Å². The molecular weight excluding hydrogens is 324 g/mol. The number of thiol groups is 1. The fraction of sp³-hybridized carbons (Fsp3) is 0.933. The van der Waals surface area contributed by atoms with Gasteiger partial charge >= 0.3 is 0 Å². The van der Waals surface area contributed by atoms with E-state index in [1.165, 1.54) is 6.92 Å². The van der Waals surface area contributed by atoms with Gasteiger partial charge in [-0.3, -0.25) is 4.79 Å². The van der Waals surface area contributed by atoms with Gasteiger partial charge in [0, 0.05) is 0 Å². The summed E-state index contributed by atoms with van der Waals surface area (Å²) in [6.45, 7) is 9.90. The minimum Gasteiger partial charge on any atom is -0.394 e.